The summed E-state index contributed by atoms with van der Waals surface area (Å²) in [7, 11) is 0. The van der Waals surface area contributed by atoms with Crippen LogP contribution in [0.4, 0.5) is 5.69 Å². The number of carboxylic acid groups (broad SMARTS) is 1. The van der Waals surface area contributed by atoms with E-state index >= 15 is 0 Å². The molecule has 4 nitrogen and oxygen atoms in total. The van der Waals surface area contributed by atoms with Crippen molar-refractivity contribution in [3.05, 3.63) is 63.8 Å². The van der Waals surface area contributed by atoms with E-state index in [9.17, 15) is 14.7 Å². The van der Waals surface area contributed by atoms with E-state index in [0.29, 0.717) is 10.4 Å². The lowest BCUT2D eigenvalue weighted by Crippen LogP contribution is -2.24. The molecular weight excluding hydrogens is 310 g/mol. The number of carboxylic acids is 1. The number of aliphatic carboxylic acids is 1. The molecule has 3 rings (SSSR count). The minimum absolute atomic E-state index is 0.177. The maximum absolute atomic E-state index is 12.4. The van der Waals surface area contributed by atoms with Gasteiger partial charge in [-0.3, -0.25) is 4.79 Å². The van der Waals surface area contributed by atoms with Crippen LogP contribution >= 0.6 is 11.3 Å². The summed E-state index contributed by atoms with van der Waals surface area (Å²) in [5.41, 5.74) is 1.36. The first-order valence-corrected chi connectivity index (χ1v) is 7.94. The summed E-state index contributed by atoms with van der Waals surface area (Å²) in [6, 6.07) is 15.1. The molecule has 0 radical (unpaired) electrons. The van der Waals surface area contributed by atoms with Crippen molar-refractivity contribution in [3.8, 4) is 0 Å². The predicted molar refractivity (Wildman–Crippen MR) is 89.7 cm³/mol. The second kappa shape index (κ2) is 6.22. The molecule has 0 saturated heterocycles. The fourth-order valence-electron chi connectivity index (χ4n) is 2.48. The van der Waals surface area contributed by atoms with E-state index in [2.05, 4.69) is 5.32 Å². The van der Waals surface area contributed by atoms with Crippen molar-refractivity contribution in [1.82, 2.24) is 0 Å². The number of carbonyl (C=O) groups excluding carboxylic acids is 2. The highest BCUT2D eigenvalue weighted by molar-refractivity contribution is 7.14. The summed E-state index contributed by atoms with van der Waals surface area (Å²) in [5.74, 6) is -1.38. The van der Waals surface area contributed by atoms with Gasteiger partial charge in [0.25, 0.3) is 5.91 Å². The topological polar surface area (TPSA) is 69.2 Å². The van der Waals surface area contributed by atoms with Gasteiger partial charge in [0, 0.05) is 28.3 Å². The number of hydrogen-bond donors (Lipinski definition) is 1. The number of benzene rings is 2. The van der Waals surface area contributed by atoms with Gasteiger partial charge >= 0.3 is 0 Å². The SMILES string of the molecule is Cc1sc(C(=O)Nc2cccc3ccccc23)cc1CC(=O)[O-]. The number of thiophene rings is 1. The quantitative estimate of drug-likeness (QED) is 0.802. The van der Waals surface area contributed by atoms with Crippen molar-refractivity contribution in [1.29, 1.82) is 0 Å². The zero-order valence-corrected chi connectivity index (χ0v) is 13.3. The second-order valence-electron chi connectivity index (χ2n) is 5.22. The van der Waals surface area contributed by atoms with Crippen LogP contribution in [0.25, 0.3) is 10.8 Å². The van der Waals surface area contributed by atoms with Gasteiger partial charge in [-0.15, -0.1) is 11.3 Å². The Labute approximate surface area is 137 Å². The monoisotopic (exact) mass is 324 g/mol. The van der Waals surface area contributed by atoms with E-state index in [-0.39, 0.29) is 12.3 Å². The molecule has 0 bridgehead atoms. The van der Waals surface area contributed by atoms with E-state index in [4.69, 9.17) is 0 Å². The Kier molecular flexibility index (Phi) is 4.12. The molecule has 1 aromatic heterocycles. The van der Waals surface area contributed by atoms with E-state index in [1.807, 2.05) is 42.5 Å². The van der Waals surface area contributed by atoms with Gasteiger partial charge in [-0.2, -0.15) is 0 Å². The average molecular weight is 324 g/mol. The molecule has 1 heterocycles. The summed E-state index contributed by atoms with van der Waals surface area (Å²) in [4.78, 5) is 24.5. The number of aryl methyl sites for hydroxylation is 1. The average Bonchev–Trinajstić information content (AvgIpc) is 2.88. The van der Waals surface area contributed by atoms with Crippen LogP contribution in [0.5, 0.6) is 0 Å². The van der Waals surface area contributed by atoms with Gasteiger partial charge in [0.15, 0.2) is 0 Å². The number of carbonyl (C=O) groups is 2. The highest BCUT2D eigenvalue weighted by atomic mass is 32.1. The molecule has 0 fully saturated rings. The Morgan fingerprint density at radius 3 is 2.65 bits per heavy atom. The molecule has 0 aliphatic rings. The van der Waals surface area contributed by atoms with Crippen LogP contribution in [0, 0.1) is 6.92 Å². The van der Waals surface area contributed by atoms with Crippen molar-refractivity contribution in [2.75, 3.05) is 5.32 Å². The van der Waals surface area contributed by atoms with Crippen molar-refractivity contribution in [2.45, 2.75) is 13.3 Å². The summed E-state index contributed by atoms with van der Waals surface area (Å²) in [6.45, 7) is 1.80. The Hall–Kier alpha value is -2.66. The standard InChI is InChI=1S/C18H15NO3S/c1-11-13(10-17(20)21)9-16(23-11)18(22)19-15-8-4-6-12-5-2-3-7-14(12)15/h2-9H,10H2,1H3,(H,19,22)(H,20,21)/p-1. The fraction of sp³-hybridized carbons (Fsp3) is 0.111. The van der Waals surface area contributed by atoms with E-state index in [0.717, 1.165) is 21.3 Å². The molecule has 5 heteroatoms. The summed E-state index contributed by atoms with van der Waals surface area (Å²) in [5, 5.41) is 15.6. The molecule has 0 aliphatic heterocycles. The highest BCUT2D eigenvalue weighted by Crippen LogP contribution is 2.26. The van der Waals surface area contributed by atoms with Crippen LogP contribution in [0.1, 0.15) is 20.1 Å². The van der Waals surface area contributed by atoms with Crippen LogP contribution in [-0.2, 0) is 11.2 Å². The molecule has 116 valence electrons. The lowest BCUT2D eigenvalue weighted by molar-refractivity contribution is -0.304. The molecule has 3 aromatic rings. The Morgan fingerprint density at radius 1 is 1.13 bits per heavy atom. The van der Waals surface area contributed by atoms with Crippen LogP contribution < -0.4 is 10.4 Å². The van der Waals surface area contributed by atoms with Gasteiger partial charge in [-0.05, 0) is 30.0 Å². The van der Waals surface area contributed by atoms with Crippen LogP contribution in [-0.4, -0.2) is 11.9 Å². The smallest absolute Gasteiger partial charge is 0.265 e. The van der Waals surface area contributed by atoms with Gasteiger partial charge in [0.05, 0.1) is 4.88 Å². The Balaban J connectivity index is 1.88. The van der Waals surface area contributed by atoms with Gasteiger partial charge in [-0.1, -0.05) is 36.4 Å². The third-order valence-corrected chi connectivity index (χ3v) is 4.71. The minimum Gasteiger partial charge on any atom is -0.550 e. The Morgan fingerprint density at radius 2 is 1.87 bits per heavy atom. The lowest BCUT2D eigenvalue weighted by atomic mass is 10.1. The number of anilines is 1. The molecule has 0 aliphatic carbocycles. The second-order valence-corrected chi connectivity index (χ2v) is 6.48. The largest absolute Gasteiger partial charge is 0.550 e. The van der Waals surface area contributed by atoms with Crippen molar-refractivity contribution in [3.63, 3.8) is 0 Å². The molecule has 23 heavy (non-hydrogen) atoms. The van der Waals surface area contributed by atoms with E-state index in [1.165, 1.54) is 11.3 Å². The zero-order chi connectivity index (χ0) is 16.4. The number of fused-ring (bicyclic) bond motifs is 1. The maximum atomic E-state index is 12.4. The first kappa shape index (κ1) is 15.2. The molecule has 0 spiro atoms. The highest BCUT2D eigenvalue weighted by Gasteiger charge is 2.13. The van der Waals surface area contributed by atoms with E-state index in [1.54, 1.807) is 13.0 Å². The Bertz CT molecular complexity index is 893. The summed E-state index contributed by atoms with van der Waals surface area (Å²) >= 11 is 1.29. The van der Waals surface area contributed by atoms with Crippen molar-refractivity contribution in [2.24, 2.45) is 0 Å². The maximum Gasteiger partial charge on any atom is 0.265 e. The molecule has 1 amide bonds. The molecule has 2 aromatic carbocycles. The predicted octanol–water partition coefficient (Wildman–Crippen LogP) is 2.75. The van der Waals surface area contributed by atoms with Crippen molar-refractivity contribution < 1.29 is 14.7 Å². The third-order valence-electron chi connectivity index (χ3n) is 3.62. The molecule has 1 N–H and O–H groups in total. The number of nitrogens with one attached hydrogen (secondary N) is 1. The van der Waals surface area contributed by atoms with Crippen LogP contribution in [0.2, 0.25) is 0 Å². The number of rotatable bonds is 4. The van der Waals surface area contributed by atoms with E-state index < -0.39 is 5.97 Å². The molecule has 0 saturated carbocycles. The number of hydrogen-bond acceptors (Lipinski definition) is 4. The van der Waals surface area contributed by atoms with Crippen molar-refractivity contribution >= 4 is 39.7 Å². The normalized spacial score (nSPS) is 10.7. The van der Waals surface area contributed by atoms with Gasteiger partial charge in [0.2, 0.25) is 0 Å². The molecule has 0 atom stereocenters. The number of amides is 1. The summed E-state index contributed by atoms with van der Waals surface area (Å²) < 4.78 is 0. The lowest BCUT2D eigenvalue weighted by Gasteiger charge is -2.07. The fourth-order valence-corrected chi connectivity index (χ4v) is 3.42. The summed E-state index contributed by atoms with van der Waals surface area (Å²) in [6.07, 6.45) is -0.177. The van der Waals surface area contributed by atoms with Gasteiger partial charge in [-0.25, -0.2) is 0 Å². The first-order valence-electron chi connectivity index (χ1n) is 7.13. The third kappa shape index (κ3) is 3.24. The van der Waals surface area contributed by atoms with Gasteiger partial charge in [0.1, 0.15) is 0 Å². The first-order chi connectivity index (χ1) is 11.0. The molecule has 0 unspecified atom stereocenters. The minimum atomic E-state index is -1.15. The van der Waals surface area contributed by atoms with Crippen LogP contribution in [0.3, 0.4) is 0 Å². The molecular formula is C18H14NO3S-. The zero-order valence-electron chi connectivity index (χ0n) is 12.5. The van der Waals surface area contributed by atoms with Crippen LogP contribution in [0.15, 0.2) is 48.5 Å². The van der Waals surface area contributed by atoms with Gasteiger partial charge < -0.3 is 15.2 Å².